The highest BCUT2D eigenvalue weighted by Gasteiger charge is 2.30. The zero-order valence-corrected chi connectivity index (χ0v) is 16.3. The number of hydrogen-bond acceptors (Lipinski definition) is 8. The molecule has 138 valence electrons. The first-order valence-electron chi connectivity index (χ1n) is 7.49. The van der Waals surface area contributed by atoms with E-state index < -0.39 is 5.43 Å². The summed E-state index contributed by atoms with van der Waals surface area (Å²) in [6.07, 6.45) is 0. The lowest BCUT2D eigenvalue weighted by Gasteiger charge is -2.13. The van der Waals surface area contributed by atoms with E-state index in [1.54, 1.807) is 0 Å². The van der Waals surface area contributed by atoms with Crippen LogP contribution in [0.3, 0.4) is 0 Å². The summed E-state index contributed by atoms with van der Waals surface area (Å²) in [5.74, 6) is -0.0903. The van der Waals surface area contributed by atoms with E-state index in [1.165, 1.54) is 14.2 Å². The molecule has 0 aliphatic heterocycles. The molecule has 2 aromatic carbocycles. The minimum Gasteiger partial charge on any atom is -0.453 e. The Morgan fingerprint density at radius 2 is 1.46 bits per heavy atom. The second-order valence-electron chi connectivity index (χ2n) is 5.24. The van der Waals surface area contributed by atoms with Crippen LogP contribution in [-0.2, 0) is 23.2 Å². The Bertz CT molecular complexity index is 743. The highest BCUT2D eigenvalue weighted by molar-refractivity contribution is 7.94. The smallest absolute Gasteiger partial charge is 0.403 e. The van der Waals surface area contributed by atoms with Gasteiger partial charge in [-0.15, -0.1) is 0 Å². The molecule has 9 heteroatoms. The summed E-state index contributed by atoms with van der Waals surface area (Å²) in [5.41, 5.74) is 3.34. The largest absolute Gasteiger partial charge is 0.453 e. The van der Waals surface area contributed by atoms with Gasteiger partial charge in [0.25, 0.3) is 0 Å². The molecule has 6 nitrogen and oxygen atoms in total. The van der Waals surface area contributed by atoms with Crippen molar-refractivity contribution < 1.29 is 28.0 Å². The van der Waals surface area contributed by atoms with Crippen LogP contribution in [-0.4, -0.2) is 26.3 Å². The van der Waals surface area contributed by atoms with Gasteiger partial charge in [-0.05, 0) is 46.5 Å². The van der Waals surface area contributed by atoms with Gasteiger partial charge in [-0.25, -0.2) is 14.6 Å². The van der Waals surface area contributed by atoms with Crippen LogP contribution in [0, 0.1) is 0 Å². The van der Waals surface area contributed by atoms with Crippen LogP contribution in [0.15, 0.2) is 46.2 Å². The summed E-state index contributed by atoms with van der Waals surface area (Å²) >= 11 is 7.59. The Labute approximate surface area is 164 Å². The normalized spacial score (nSPS) is 12.7. The van der Waals surface area contributed by atoms with E-state index >= 15 is 0 Å². The zero-order valence-electron chi connectivity index (χ0n) is 13.9. The van der Waals surface area contributed by atoms with Gasteiger partial charge in [0.05, 0.1) is 38.3 Å². The number of carbonyl (C=O) groups is 1. The van der Waals surface area contributed by atoms with Crippen LogP contribution in [0.25, 0.3) is 11.1 Å². The quantitative estimate of drug-likeness (QED) is 0.248. The predicted octanol–water partition coefficient (Wildman–Crippen LogP) is 5.34. The maximum Gasteiger partial charge on any atom is 0.403 e. The van der Waals surface area contributed by atoms with Gasteiger partial charge in [0.1, 0.15) is 6.61 Å². The zero-order chi connectivity index (χ0) is 18.5. The lowest BCUT2D eigenvalue weighted by Crippen LogP contribution is -2.08. The molecule has 3 rings (SSSR count). The molecule has 0 aromatic heterocycles. The lowest BCUT2D eigenvalue weighted by atomic mass is 9.98. The first-order chi connectivity index (χ1) is 12.6. The number of benzene rings is 2. The Morgan fingerprint density at radius 3 is 1.88 bits per heavy atom. The molecule has 0 saturated carbocycles. The molecule has 1 aliphatic rings. The van der Waals surface area contributed by atoms with Crippen LogP contribution in [0.5, 0.6) is 0 Å². The van der Waals surface area contributed by atoms with Gasteiger partial charge in [0.2, 0.25) is 0 Å². The van der Waals surface area contributed by atoms with Gasteiger partial charge >= 0.3 is 5.43 Å². The molecule has 0 fully saturated rings. The summed E-state index contributed by atoms with van der Waals surface area (Å²) < 4.78 is 14.9. The minimum absolute atomic E-state index is 0.0903. The Hall–Kier alpha value is -1.26. The summed E-state index contributed by atoms with van der Waals surface area (Å²) in [4.78, 5) is 22.1. The number of hydrogen-bond donors (Lipinski definition) is 0. The van der Waals surface area contributed by atoms with Crippen molar-refractivity contribution in [1.29, 1.82) is 0 Å². The maximum absolute atomic E-state index is 11.0. The topological polar surface area (TPSA) is 63.2 Å². The fourth-order valence-electron chi connectivity index (χ4n) is 2.89. The van der Waals surface area contributed by atoms with Gasteiger partial charge in [-0.1, -0.05) is 12.1 Å². The third-order valence-corrected chi connectivity index (χ3v) is 5.26. The van der Waals surface area contributed by atoms with E-state index in [2.05, 4.69) is 9.78 Å². The standard InChI is InChI=1S/C17H15ClO6S2/c1-20-23-25-10-3-5-12-14(7-10)15-8-11(26-24-21-2)4-6-13(15)16(12)9-22-17(18)19/h3-8,16H,9H2,1-2H3. The Morgan fingerprint density at radius 1 is 0.962 bits per heavy atom. The molecular formula is C17H15ClO6S2. The van der Waals surface area contributed by atoms with Crippen LogP contribution >= 0.6 is 35.7 Å². The molecule has 0 saturated heterocycles. The summed E-state index contributed by atoms with van der Waals surface area (Å²) in [6.45, 7) is 0.171. The molecule has 0 atom stereocenters. The Kier molecular flexibility index (Phi) is 6.82. The summed E-state index contributed by atoms with van der Waals surface area (Å²) in [5, 5.41) is 0. The second-order valence-corrected chi connectivity index (χ2v) is 7.09. The number of carbonyl (C=O) groups excluding carboxylic acids is 1. The molecular weight excluding hydrogens is 400 g/mol. The van der Waals surface area contributed by atoms with Crippen molar-refractivity contribution in [3.63, 3.8) is 0 Å². The average Bonchev–Trinajstić information content (AvgIpc) is 2.95. The number of fused-ring (bicyclic) bond motifs is 3. The van der Waals surface area contributed by atoms with Crippen LogP contribution < -0.4 is 0 Å². The molecule has 1 aliphatic carbocycles. The molecule has 2 aromatic rings. The van der Waals surface area contributed by atoms with E-state index in [4.69, 9.17) is 25.0 Å². The first kappa shape index (κ1) is 19.5. The SMILES string of the molecule is COOSc1ccc2c(c1)-c1cc(SOOC)ccc1C2COC(=O)Cl. The number of rotatable bonds is 8. The highest BCUT2D eigenvalue weighted by Crippen LogP contribution is 2.47. The highest BCUT2D eigenvalue weighted by atomic mass is 35.5. The third kappa shape index (κ3) is 4.34. The van der Waals surface area contributed by atoms with Crippen LogP contribution in [0.1, 0.15) is 17.0 Å². The molecule has 0 amide bonds. The molecule has 0 unspecified atom stereocenters. The van der Waals surface area contributed by atoms with Gasteiger partial charge in [0, 0.05) is 27.3 Å². The van der Waals surface area contributed by atoms with Gasteiger partial charge in [0.15, 0.2) is 0 Å². The first-order valence-corrected chi connectivity index (χ1v) is 9.35. The minimum atomic E-state index is -0.818. The van der Waals surface area contributed by atoms with Crippen molar-refractivity contribution in [2.45, 2.75) is 15.7 Å². The Balaban J connectivity index is 1.98. The number of ether oxygens (including phenoxy) is 1. The van der Waals surface area contributed by atoms with Crippen molar-refractivity contribution in [1.82, 2.24) is 0 Å². The maximum atomic E-state index is 11.0. The lowest BCUT2D eigenvalue weighted by molar-refractivity contribution is -0.160. The fraction of sp³-hybridized carbons (Fsp3) is 0.235. The second kappa shape index (κ2) is 9.09. The average molecular weight is 415 g/mol. The van der Waals surface area contributed by atoms with Gasteiger partial charge in [-0.2, -0.15) is 8.67 Å². The fourth-order valence-corrected chi connectivity index (χ4v) is 3.83. The van der Waals surface area contributed by atoms with Crippen molar-refractivity contribution >= 4 is 41.1 Å². The van der Waals surface area contributed by atoms with Crippen molar-refractivity contribution in [2.75, 3.05) is 20.8 Å². The molecule has 0 bridgehead atoms. The molecule has 0 spiro atoms. The van der Waals surface area contributed by atoms with E-state index in [0.717, 1.165) is 56.1 Å². The third-order valence-electron chi connectivity index (χ3n) is 3.85. The molecule has 26 heavy (non-hydrogen) atoms. The van der Waals surface area contributed by atoms with Crippen LogP contribution in [0.2, 0.25) is 0 Å². The van der Waals surface area contributed by atoms with E-state index in [-0.39, 0.29) is 12.5 Å². The van der Waals surface area contributed by atoms with Crippen molar-refractivity contribution in [3.05, 3.63) is 47.5 Å². The van der Waals surface area contributed by atoms with Crippen LogP contribution in [0.4, 0.5) is 4.79 Å². The van der Waals surface area contributed by atoms with Gasteiger partial charge in [-0.3, -0.25) is 0 Å². The monoisotopic (exact) mass is 414 g/mol. The van der Waals surface area contributed by atoms with E-state index in [0.29, 0.717) is 0 Å². The number of halogens is 1. The molecule has 0 N–H and O–H groups in total. The van der Waals surface area contributed by atoms with Crippen molar-refractivity contribution in [2.24, 2.45) is 0 Å². The van der Waals surface area contributed by atoms with E-state index in [1.807, 2.05) is 36.4 Å². The summed E-state index contributed by atoms with van der Waals surface area (Å²) in [6, 6.07) is 11.8. The predicted molar refractivity (Wildman–Crippen MR) is 98.8 cm³/mol. The molecule has 0 radical (unpaired) electrons. The van der Waals surface area contributed by atoms with Crippen molar-refractivity contribution in [3.8, 4) is 11.1 Å². The van der Waals surface area contributed by atoms with E-state index in [9.17, 15) is 4.79 Å². The summed E-state index contributed by atoms with van der Waals surface area (Å²) in [7, 11) is 2.90. The van der Waals surface area contributed by atoms with Gasteiger partial charge < -0.3 is 4.74 Å². The molecule has 0 heterocycles.